The first-order valence-electron chi connectivity index (χ1n) is 7.31. The van der Waals surface area contributed by atoms with Crippen molar-refractivity contribution < 1.29 is 13.2 Å². The maximum absolute atomic E-state index is 13.2. The predicted molar refractivity (Wildman–Crippen MR) is 78.9 cm³/mol. The summed E-state index contributed by atoms with van der Waals surface area (Å²) in [6, 6.07) is 0.719. The molecule has 1 heterocycles. The van der Waals surface area contributed by atoms with Crippen LogP contribution in [0, 0.1) is 11.3 Å². The van der Waals surface area contributed by atoms with E-state index in [9.17, 15) is 13.2 Å². The van der Waals surface area contributed by atoms with Crippen molar-refractivity contribution in [1.29, 1.82) is 0 Å². The van der Waals surface area contributed by atoms with Gasteiger partial charge in [0.1, 0.15) is 0 Å². The first kappa shape index (κ1) is 18.0. The molecule has 2 unspecified atom stereocenters. The molecule has 0 fully saturated rings. The van der Waals surface area contributed by atoms with Gasteiger partial charge in [-0.3, -0.25) is 4.98 Å². The van der Waals surface area contributed by atoms with E-state index in [2.05, 4.69) is 38.0 Å². The molecule has 21 heavy (non-hydrogen) atoms. The monoisotopic (exact) mass is 302 g/mol. The molecule has 0 radical (unpaired) electrons. The Labute approximate surface area is 125 Å². The topological polar surface area (TPSA) is 24.9 Å². The summed E-state index contributed by atoms with van der Waals surface area (Å²) in [4.78, 5) is 3.89. The molecule has 0 aliphatic heterocycles. The molecule has 0 saturated carbocycles. The summed E-state index contributed by atoms with van der Waals surface area (Å²) in [6.45, 7) is 10.9. The lowest BCUT2D eigenvalue weighted by atomic mass is 9.77. The normalized spacial score (nSPS) is 15.8. The second kappa shape index (κ2) is 6.77. The minimum atomic E-state index is -4.35. The smallest absolute Gasteiger partial charge is 0.310 e. The maximum Gasteiger partial charge on any atom is 0.416 e. The lowest BCUT2D eigenvalue weighted by molar-refractivity contribution is -0.138. The zero-order chi connectivity index (χ0) is 16.3. The molecule has 120 valence electrons. The fraction of sp³-hybridized carbons (Fsp3) is 0.688. The van der Waals surface area contributed by atoms with Crippen LogP contribution in [0.2, 0.25) is 0 Å². The molecule has 0 amide bonds. The third-order valence-corrected chi connectivity index (χ3v) is 4.05. The Kier molecular flexibility index (Phi) is 5.79. The minimum absolute atomic E-state index is 0.0499. The van der Waals surface area contributed by atoms with Gasteiger partial charge in [0, 0.05) is 18.4 Å². The van der Waals surface area contributed by atoms with E-state index >= 15 is 0 Å². The molecule has 2 atom stereocenters. The number of pyridine rings is 1. The van der Waals surface area contributed by atoms with Crippen LogP contribution in [0.25, 0.3) is 0 Å². The molecule has 1 aromatic rings. The van der Waals surface area contributed by atoms with E-state index < -0.39 is 11.7 Å². The Morgan fingerprint density at radius 1 is 1.24 bits per heavy atom. The van der Waals surface area contributed by atoms with Gasteiger partial charge in [0.25, 0.3) is 0 Å². The first-order valence-corrected chi connectivity index (χ1v) is 7.31. The molecule has 0 aliphatic rings. The minimum Gasteiger partial charge on any atom is -0.310 e. The fourth-order valence-corrected chi connectivity index (χ4v) is 2.22. The zero-order valence-corrected chi connectivity index (χ0v) is 13.4. The van der Waals surface area contributed by atoms with Crippen molar-refractivity contribution in [2.75, 3.05) is 6.54 Å². The summed E-state index contributed by atoms with van der Waals surface area (Å²) in [5, 5.41) is 3.17. The number of nitrogens with one attached hydrogen (secondary N) is 1. The summed E-state index contributed by atoms with van der Waals surface area (Å²) in [7, 11) is 0. The van der Waals surface area contributed by atoms with Gasteiger partial charge in [-0.15, -0.1) is 0 Å². The Hall–Kier alpha value is -1.10. The van der Waals surface area contributed by atoms with Crippen LogP contribution in [0.5, 0.6) is 0 Å². The van der Waals surface area contributed by atoms with Gasteiger partial charge in [-0.05, 0) is 35.9 Å². The molecule has 0 saturated heterocycles. The quantitative estimate of drug-likeness (QED) is 0.843. The summed E-state index contributed by atoms with van der Waals surface area (Å²) in [5.74, 6) is 0.280. The Bertz CT molecular complexity index is 450. The third-order valence-electron chi connectivity index (χ3n) is 4.05. The number of halogens is 3. The van der Waals surface area contributed by atoms with Crippen molar-refractivity contribution >= 4 is 0 Å². The second-order valence-electron chi connectivity index (χ2n) is 6.57. The lowest BCUT2D eigenvalue weighted by Gasteiger charge is -2.32. The molecular formula is C16H25F3N2. The third kappa shape index (κ3) is 4.99. The van der Waals surface area contributed by atoms with Crippen molar-refractivity contribution in [2.45, 2.75) is 53.3 Å². The standard InChI is InChI=1S/C16H25F3N2/c1-6-21-14(9-11(2)15(3,4)5)12-10-20-8-7-13(12)16(17,18)19/h7-8,10-11,14,21H,6,9H2,1-5H3. The SMILES string of the molecule is CCNC(CC(C)C(C)(C)C)c1cnccc1C(F)(F)F. The molecule has 2 nitrogen and oxygen atoms in total. The fourth-order valence-electron chi connectivity index (χ4n) is 2.22. The molecule has 0 spiro atoms. The number of aromatic nitrogens is 1. The van der Waals surface area contributed by atoms with Gasteiger partial charge < -0.3 is 5.32 Å². The van der Waals surface area contributed by atoms with Crippen LogP contribution in [0.15, 0.2) is 18.5 Å². The summed E-state index contributed by atoms with van der Waals surface area (Å²) < 4.78 is 39.5. The Balaban J connectivity index is 3.12. The van der Waals surface area contributed by atoms with E-state index in [0.29, 0.717) is 13.0 Å². The summed E-state index contributed by atoms with van der Waals surface area (Å²) >= 11 is 0. The van der Waals surface area contributed by atoms with Crippen molar-refractivity contribution in [3.63, 3.8) is 0 Å². The van der Waals surface area contributed by atoms with Crippen LogP contribution >= 0.6 is 0 Å². The Morgan fingerprint density at radius 3 is 2.33 bits per heavy atom. The van der Waals surface area contributed by atoms with Crippen molar-refractivity contribution in [3.05, 3.63) is 29.6 Å². The van der Waals surface area contributed by atoms with E-state index in [4.69, 9.17) is 0 Å². The lowest BCUT2D eigenvalue weighted by Crippen LogP contribution is -2.29. The molecule has 5 heteroatoms. The maximum atomic E-state index is 13.2. The van der Waals surface area contributed by atoms with Crippen LogP contribution in [0.3, 0.4) is 0 Å². The first-order chi connectivity index (χ1) is 9.57. The molecule has 0 bridgehead atoms. The average molecular weight is 302 g/mol. The van der Waals surface area contributed by atoms with Gasteiger partial charge in [-0.1, -0.05) is 34.6 Å². The van der Waals surface area contributed by atoms with Crippen molar-refractivity contribution in [1.82, 2.24) is 10.3 Å². The van der Waals surface area contributed by atoms with Gasteiger partial charge >= 0.3 is 6.18 Å². The van der Waals surface area contributed by atoms with Gasteiger partial charge in [0.2, 0.25) is 0 Å². The van der Waals surface area contributed by atoms with E-state index in [1.165, 1.54) is 12.4 Å². The molecule has 0 aliphatic carbocycles. The van der Waals surface area contributed by atoms with Gasteiger partial charge in [-0.25, -0.2) is 0 Å². The van der Waals surface area contributed by atoms with E-state index in [0.717, 1.165) is 6.07 Å². The highest BCUT2D eigenvalue weighted by Gasteiger charge is 2.36. The second-order valence-corrected chi connectivity index (χ2v) is 6.57. The van der Waals surface area contributed by atoms with E-state index in [-0.39, 0.29) is 22.9 Å². The number of nitrogens with zero attached hydrogens (tertiary/aromatic N) is 1. The highest BCUT2D eigenvalue weighted by atomic mass is 19.4. The van der Waals surface area contributed by atoms with Crippen LogP contribution in [-0.4, -0.2) is 11.5 Å². The van der Waals surface area contributed by atoms with Gasteiger partial charge in [0.05, 0.1) is 5.56 Å². The zero-order valence-electron chi connectivity index (χ0n) is 13.4. The summed E-state index contributed by atoms with van der Waals surface area (Å²) in [5.41, 5.74) is -0.304. The molecule has 1 rings (SSSR count). The van der Waals surface area contributed by atoms with Gasteiger partial charge in [-0.2, -0.15) is 13.2 Å². The van der Waals surface area contributed by atoms with Crippen LogP contribution in [0.4, 0.5) is 13.2 Å². The number of alkyl halides is 3. The largest absolute Gasteiger partial charge is 0.416 e. The number of hydrogen-bond donors (Lipinski definition) is 1. The van der Waals surface area contributed by atoms with Gasteiger partial charge in [0.15, 0.2) is 0 Å². The average Bonchev–Trinajstić information content (AvgIpc) is 2.36. The molecule has 1 N–H and O–H groups in total. The van der Waals surface area contributed by atoms with E-state index in [1.54, 1.807) is 0 Å². The molecular weight excluding hydrogens is 277 g/mol. The predicted octanol–water partition coefficient (Wildman–Crippen LogP) is 4.82. The van der Waals surface area contributed by atoms with Crippen LogP contribution < -0.4 is 5.32 Å². The van der Waals surface area contributed by atoms with Crippen LogP contribution in [-0.2, 0) is 6.18 Å². The number of hydrogen-bond acceptors (Lipinski definition) is 2. The Morgan fingerprint density at radius 2 is 1.86 bits per heavy atom. The highest BCUT2D eigenvalue weighted by Crippen LogP contribution is 2.38. The van der Waals surface area contributed by atoms with Crippen molar-refractivity contribution in [2.24, 2.45) is 11.3 Å². The summed E-state index contributed by atoms with van der Waals surface area (Å²) in [6.07, 6.45) is -1.17. The molecule has 1 aromatic heterocycles. The van der Waals surface area contributed by atoms with Crippen molar-refractivity contribution in [3.8, 4) is 0 Å². The van der Waals surface area contributed by atoms with E-state index in [1.807, 2.05) is 6.92 Å². The highest BCUT2D eigenvalue weighted by molar-refractivity contribution is 5.29. The number of rotatable bonds is 5. The molecule has 0 aromatic carbocycles. The van der Waals surface area contributed by atoms with Crippen LogP contribution in [0.1, 0.15) is 58.2 Å².